The molecule has 0 spiro atoms. The van der Waals surface area contributed by atoms with Crippen molar-refractivity contribution < 1.29 is 9.90 Å². The summed E-state index contributed by atoms with van der Waals surface area (Å²) in [5.41, 5.74) is 4.33. The quantitative estimate of drug-likeness (QED) is 0.501. The van der Waals surface area contributed by atoms with Crippen LogP contribution in [0.5, 0.6) is 5.75 Å². The summed E-state index contributed by atoms with van der Waals surface area (Å²) in [6, 6.07) is 12.3. The van der Waals surface area contributed by atoms with E-state index < -0.39 is 0 Å². The predicted molar refractivity (Wildman–Crippen MR) is 132 cm³/mol. The highest BCUT2D eigenvalue weighted by Crippen LogP contribution is 2.41. The molecule has 0 aromatic heterocycles. The largest absolute Gasteiger partial charge is 0.507 e. The summed E-state index contributed by atoms with van der Waals surface area (Å²) in [5, 5.41) is 17.3. The van der Waals surface area contributed by atoms with Gasteiger partial charge < -0.3 is 15.7 Å². The lowest BCUT2D eigenvalue weighted by Gasteiger charge is -2.28. The van der Waals surface area contributed by atoms with Crippen molar-refractivity contribution >= 4 is 29.4 Å². The van der Waals surface area contributed by atoms with E-state index in [4.69, 9.17) is 0 Å². The van der Waals surface area contributed by atoms with Crippen molar-refractivity contribution in [2.45, 2.75) is 71.2 Å². The number of benzene rings is 2. The summed E-state index contributed by atoms with van der Waals surface area (Å²) >= 11 is 1.48. The van der Waals surface area contributed by atoms with Crippen LogP contribution in [0.4, 0.5) is 5.69 Å². The van der Waals surface area contributed by atoms with Crippen LogP contribution in [0, 0.1) is 0 Å². The third-order valence-electron chi connectivity index (χ3n) is 5.44. The number of anilines is 1. The van der Waals surface area contributed by atoms with Gasteiger partial charge in [-0.05, 0) is 58.7 Å². The zero-order valence-corrected chi connectivity index (χ0v) is 20.4. The summed E-state index contributed by atoms with van der Waals surface area (Å²) < 4.78 is 0. The summed E-state index contributed by atoms with van der Waals surface area (Å²) in [6.07, 6.45) is 2.92. The molecule has 3 rings (SSSR count). The Morgan fingerprint density at radius 1 is 1.03 bits per heavy atom. The minimum atomic E-state index is -0.215. The molecule has 1 atom stereocenters. The number of carbonyl (C=O) groups excluding carboxylic acids is 1. The van der Waals surface area contributed by atoms with E-state index >= 15 is 0 Å². The van der Waals surface area contributed by atoms with Crippen LogP contribution in [-0.2, 0) is 22.0 Å². The fourth-order valence-electron chi connectivity index (χ4n) is 3.59. The van der Waals surface area contributed by atoms with E-state index in [1.165, 1.54) is 17.3 Å². The number of hydrogen-bond donors (Lipinski definition) is 3. The average molecular weight is 439 g/mol. The van der Waals surface area contributed by atoms with Gasteiger partial charge in [-0.3, -0.25) is 4.79 Å². The van der Waals surface area contributed by atoms with Crippen LogP contribution in [0.1, 0.15) is 70.7 Å². The molecular weight excluding hydrogens is 404 g/mol. The van der Waals surface area contributed by atoms with Gasteiger partial charge in [0.15, 0.2) is 5.50 Å². The molecule has 166 valence electrons. The second-order valence-corrected chi connectivity index (χ2v) is 11.3. The van der Waals surface area contributed by atoms with E-state index in [1.807, 2.05) is 30.3 Å². The van der Waals surface area contributed by atoms with Gasteiger partial charge in [0.2, 0.25) is 0 Å². The second kappa shape index (κ2) is 8.62. The third-order valence-corrected chi connectivity index (χ3v) is 6.47. The van der Waals surface area contributed by atoms with Gasteiger partial charge in [0.05, 0.1) is 4.91 Å². The second-order valence-electron chi connectivity index (χ2n) is 10.1. The van der Waals surface area contributed by atoms with Crippen LogP contribution < -0.4 is 10.6 Å². The molecule has 1 saturated heterocycles. The van der Waals surface area contributed by atoms with Crippen LogP contribution in [-0.4, -0.2) is 16.5 Å². The Hall–Kier alpha value is -2.40. The first-order chi connectivity index (χ1) is 14.4. The fraction of sp³-hybridized carbons (Fsp3) is 0.423. The Morgan fingerprint density at radius 2 is 1.58 bits per heavy atom. The Balaban J connectivity index is 1.89. The van der Waals surface area contributed by atoms with Gasteiger partial charge in [-0.2, -0.15) is 0 Å². The maximum atomic E-state index is 12.6. The van der Waals surface area contributed by atoms with Crippen LogP contribution in [0.15, 0.2) is 41.3 Å². The van der Waals surface area contributed by atoms with E-state index in [0.29, 0.717) is 10.7 Å². The maximum absolute atomic E-state index is 12.6. The molecule has 0 radical (unpaired) electrons. The lowest BCUT2D eigenvalue weighted by molar-refractivity contribution is -0.116. The normalized spacial score (nSPS) is 18.4. The minimum Gasteiger partial charge on any atom is -0.507 e. The molecule has 5 heteroatoms. The van der Waals surface area contributed by atoms with E-state index in [9.17, 15) is 9.90 Å². The Morgan fingerprint density at radius 3 is 2.06 bits per heavy atom. The average Bonchev–Trinajstić information content (AvgIpc) is 3.00. The van der Waals surface area contributed by atoms with E-state index in [0.717, 1.165) is 28.8 Å². The van der Waals surface area contributed by atoms with E-state index in [1.54, 1.807) is 0 Å². The molecule has 3 N–H and O–H groups in total. The number of aromatic hydroxyl groups is 1. The zero-order valence-electron chi connectivity index (χ0n) is 19.6. The van der Waals surface area contributed by atoms with Crippen LogP contribution >= 0.6 is 11.8 Å². The van der Waals surface area contributed by atoms with Gasteiger partial charge in [-0.25, -0.2) is 0 Å². The number of thioether (sulfide) groups is 1. The monoisotopic (exact) mass is 438 g/mol. The topological polar surface area (TPSA) is 61.4 Å². The van der Waals surface area contributed by atoms with Gasteiger partial charge >= 0.3 is 0 Å². The van der Waals surface area contributed by atoms with Crippen molar-refractivity contribution in [3.05, 3.63) is 63.6 Å². The van der Waals surface area contributed by atoms with Crippen LogP contribution in [0.3, 0.4) is 0 Å². The van der Waals surface area contributed by atoms with Gasteiger partial charge in [-0.15, -0.1) is 0 Å². The Bertz CT molecular complexity index is 961. The third kappa shape index (κ3) is 5.45. The molecule has 2 aromatic carbocycles. The van der Waals surface area contributed by atoms with Crippen LogP contribution in [0.25, 0.3) is 6.08 Å². The number of rotatable bonds is 4. The molecule has 0 bridgehead atoms. The first-order valence-electron chi connectivity index (χ1n) is 10.8. The van der Waals surface area contributed by atoms with Crippen molar-refractivity contribution in [1.29, 1.82) is 0 Å². The smallest absolute Gasteiger partial charge is 0.260 e. The molecule has 0 unspecified atom stereocenters. The number of amides is 1. The number of carbonyl (C=O) groups is 1. The number of nitrogens with one attached hydrogen (secondary N) is 2. The summed E-state index contributed by atoms with van der Waals surface area (Å²) in [6.45, 7) is 14.7. The molecule has 0 aliphatic carbocycles. The van der Waals surface area contributed by atoms with Gasteiger partial charge in [0.1, 0.15) is 5.75 Å². The molecule has 0 saturated carbocycles. The van der Waals surface area contributed by atoms with E-state index in [2.05, 4.69) is 71.2 Å². The predicted octanol–water partition coefficient (Wildman–Crippen LogP) is 6.15. The molecule has 1 fully saturated rings. The number of hydrogen-bond acceptors (Lipinski definition) is 4. The standard InChI is InChI=1S/C26H34N2O2S/c1-8-16-9-11-18(12-10-16)27-24-28-23(30)21(31-24)15-17-13-19(25(2,3)4)22(29)20(14-17)26(5,6)7/h9-15,24,27,29H,8H2,1-7H3,(H,28,30)/b21-15-/t24-/m0/s1. The van der Waals surface area contributed by atoms with Crippen molar-refractivity contribution in [3.8, 4) is 5.75 Å². The number of phenols is 1. The van der Waals surface area contributed by atoms with Crippen molar-refractivity contribution in [2.24, 2.45) is 0 Å². The first-order valence-corrected chi connectivity index (χ1v) is 11.7. The first kappa shape index (κ1) is 23.3. The van der Waals surface area contributed by atoms with Crippen LogP contribution in [0.2, 0.25) is 0 Å². The number of phenolic OH excluding ortho intramolecular Hbond substituents is 1. The van der Waals surface area contributed by atoms with Crippen molar-refractivity contribution in [2.75, 3.05) is 5.32 Å². The maximum Gasteiger partial charge on any atom is 0.260 e. The molecule has 1 aliphatic heterocycles. The number of aryl methyl sites for hydroxylation is 1. The van der Waals surface area contributed by atoms with Gasteiger partial charge in [0.25, 0.3) is 5.91 Å². The van der Waals surface area contributed by atoms with Crippen molar-refractivity contribution in [1.82, 2.24) is 5.32 Å². The highest BCUT2D eigenvalue weighted by molar-refractivity contribution is 8.05. The molecule has 1 aliphatic rings. The molecule has 1 heterocycles. The summed E-state index contributed by atoms with van der Waals surface area (Å²) in [5.74, 6) is 0.260. The molecule has 31 heavy (non-hydrogen) atoms. The zero-order chi connectivity index (χ0) is 23.0. The van der Waals surface area contributed by atoms with E-state index in [-0.39, 0.29) is 22.2 Å². The minimum absolute atomic E-state index is 0.0876. The molecular formula is C26H34N2O2S. The summed E-state index contributed by atoms with van der Waals surface area (Å²) in [7, 11) is 0. The lowest BCUT2D eigenvalue weighted by atomic mass is 9.78. The van der Waals surface area contributed by atoms with Gasteiger partial charge in [0, 0.05) is 16.8 Å². The Labute approximate surface area is 190 Å². The lowest BCUT2D eigenvalue weighted by Crippen LogP contribution is -2.30. The molecule has 2 aromatic rings. The van der Waals surface area contributed by atoms with Gasteiger partial charge in [-0.1, -0.05) is 72.4 Å². The Kier molecular flexibility index (Phi) is 6.47. The molecule has 1 amide bonds. The van der Waals surface area contributed by atoms with Crippen molar-refractivity contribution in [3.63, 3.8) is 0 Å². The SMILES string of the molecule is CCc1ccc(N[C@H]2NC(=O)/C(=C/c3cc(C(C)(C)C)c(O)c(C(C)(C)C)c3)S2)cc1. The highest BCUT2D eigenvalue weighted by Gasteiger charge is 2.29. The highest BCUT2D eigenvalue weighted by atomic mass is 32.2. The summed E-state index contributed by atoms with van der Waals surface area (Å²) in [4.78, 5) is 13.3. The fourth-order valence-corrected chi connectivity index (χ4v) is 4.57. The molecule has 4 nitrogen and oxygen atoms in total.